The molecule has 1 aromatic rings. The van der Waals surface area contributed by atoms with Crippen molar-refractivity contribution in [2.24, 2.45) is 17.8 Å². The number of pyridine rings is 1. The molecule has 2 saturated heterocycles. The van der Waals surface area contributed by atoms with Crippen molar-refractivity contribution < 1.29 is 23.5 Å². The third-order valence-corrected chi connectivity index (χ3v) is 7.95. The lowest BCUT2D eigenvalue weighted by atomic mass is 9.77. The van der Waals surface area contributed by atoms with Gasteiger partial charge in [0.05, 0.1) is 5.56 Å². The van der Waals surface area contributed by atoms with Crippen LogP contribution in [0.3, 0.4) is 0 Å². The van der Waals surface area contributed by atoms with E-state index in [2.05, 4.69) is 9.88 Å². The van der Waals surface area contributed by atoms with Crippen molar-refractivity contribution >= 4 is 29.2 Å². The van der Waals surface area contributed by atoms with Gasteiger partial charge < -0.3 is 19.8 Å². The highest BCUT2D eigenvalue weighted by Gasteiger charge is 2.58. The Hall–Kier alpha value is -2.00. The lowest BCUT2D eigenvalue weighted by Gasteiger charge is -2.44. The molecule has 35 heavy (non-hydrogen) atoms. The summed E-state index contributed by atoms with van der Waals surface area (Å²) < 4.78 is 28.3. The maximum absolute atomic E-state index is 14.2. The molecular formula is C25H37ClF2N4O3. The van der Waals surface area contributed by atoms with Crippen molar-refractivity contribution in [3.8, 4) is 0 Å². The number of aromatic nitrogens is 1. The first-order valence-electron chi connectivity index (χ1n) is 12.3. The molecule has 0 saturated carbocycles. The normalized spacial score (nSPS) is 20.2. The third kappa shape index (κ3) is 5.56. The van der Waals surface area contributed by atoms with Crippen LogP contribution in [0, 0.1) is 17.8 Å². The topological polar surface area (TPSA) is 77.0 Å². The predicted octanol–water partition coefficient (Wildman–Crippen LogP) is 3.93. The second-order valence-corrected chi connectivity index (χ2v) is 10.8. The van der Waals surface area contributed by atoms with Gasteiger partial charge in [0.2, 0.25) is 5.60 Å². The zero-order chi connectivity index (χ0) is 26.1. The lowest BCUT2D eigenvalue weighted by Crippen LogP contribution is -2.62. The van der Waals surface area contributed by atoms with Crippen molar-refractivity contribution in [1.29, 1.82) is 0 Å². The van der Waals surface area contributed by atoms with Gasteiger partial charge in [0.1, 0.15) is 11.0 Å². The van der Waals surface area contributed by atoms with Crippen molar-refractivity contribution in [1.82, 2.24) is 14.8 Å². The van der Waals surface area contributed by atoms with Gasteiger partial charge >= 0.3 is 0 Å². The number of alkyl halides is 2. The average Bonchev–Trinajstić information content (AvgIpc) is 2.81. The molecule has 0 radical (unpaired) electrons. The molecular weight excluding hydrogens is 478 g/mol. The zero-order valence-electron chi connectivity index (χ0n) is 21.2. The molecule has 2 aliphatic rings. The van der Waals surface area contributed by atoms with Crippen molar-refractivity contribution in [2.45, 2.75) is 58.0 Å². The number of nitrogens with zero attached hydrogens (tertiary/aromatic N) is 4. The summed E-state index contributed by atoms with van der Waals surface area (Å²) in [5.41, 5.74) is -2.31. The number of carbonyl (C=O) groups excluding carboxylic acids is 2. The predicted molar refractivity (Wildman–Crippen MR) is 132 cm³/mol. The number of amides is 2. The molecule has 1 N–H and O–H groups in total. The fraction of sp³-hybridized carbons (Fsp3) is 0.720. The zero-order valence-corrected chi connectivity index (χ0v) is 22.0. The van der Waals surface area contributed by atoms with E-state index in [1.807, 2.05) is 6.07 Å². The Balaban J connectivity index is 1.55. The number of halogens is 3. The molecule has 0 aromatic carbocycles. The second-order valence-electron chi connectivity index (χ2n) is 10.5. The molecule has 0 aliphatic carbocycles. The van der Waals surface area contributed by atoms with E-state index in [1.54, 1.807) is 20.2 Å². The second kappa shape index (κ2) is 10.5. The van der Waals surface area contributed by atoms with Crippen LogP contribution in [0.4, 0.5) is 14.6 Å². The van der Waals surface area contributed by atoms with Crippen LogP contribution in [0.1, 0.15) is 56.8 Å². The highest BCUT2D eigenvalue weighted by atomic mass is 35.5. The van der Waals surface area contributed by atoms with E-state index >= 15 is 0 Å². The van der Waals surface area contributed by atoms with Gasteiger partial charge in [-0.2, -0.15) is 0 Å². The largest absolute Gasteiger partial charge is 0.375 e. The molecule has 1 atom stereocenters. The summed E-state index contributed by atoms with van der Waals surface area (Å²) in [6, 6.07) is 3.54. The van der Waals surface area contributed by atoms with Crippen molar-refractivity contribution in [2.75, 3.05) is 45.2 Å². The quantitative estimate of drug-likeness (QED) is 0.582. The molecule has 10 heteroatoms. The SMILES string of the molecule is CC(C)C(O)(C(=O)N1CCC(C2CCN(c3ccc(C(=O)N(C)C)c(Cl)n3)CC2)CC1)C(C)(F)F. The highest BCUT2D eigenvalue weighted by molar-refractivity contribution is 6.32. The Kier molecular flexibility index (Phi) is 8.31. The van der Waals surface area contributed by atoms with Gasteiger partial charge in [0.25, 0.3) is 17.7 Å². The standard InChI is InChI=1S/C25H37ClF2N4O3/c1-16(2)25(35,24(3,27)28)23(34)32-14-10-18(11-15-32)17-8-12-31(13-9-17)20-7-6-19(21(26)29-20)22(33)30(4)5/h6-7,16-18,35H,8-15H2,1-5H3. The Labute approximate surface area is 211 Å². The van der Waals surface area contributed by atoms with Crippen LogP contribution >= 0.6 is 11.6 Å². The number of likely N-dealkylation sites (tertiary alicyclic amines) is 1. The van der Waals surface area contributed by atoms with Crippen LogP contribution in [0.25, 0.3) is 0 Å². The molecule has 0 bridgehead atoms. The maximum Gasteiger partial charge on any atom is 0.282 e. The summed E-state index contributed by atoms with van der Waals surface area (Å²) in [5.74, 6) is -3.83. The molecule has 0 spiro atoms. The van der Waals surface area contributed by atoms with Crippen LogP contribution in [-0.4, -0.2) is 83.5 Å². The van der Waals surface area contributed by atoms with Gasteiger partial charge in [-0.3, -0.25) is 9.59 Å². The van der Waals surface area contributed by atoms with E-state index in [-0.39, 0.29) is 11.1 Å². The number of anilines is 1. The minimum atomic E-state index is -3.52. The molecule has 2 aliphatic heterocycles. The van der Waals surface area contributed by atoms with E-state index in [0.717, 1.165) is 44.6 Å². The number of hydrogen-bond donors (Lipinski definition) is 1. The number of rotatable bonds is 6. The first-order chi connectivity index (χ1) is 16.3. The smallest absolute Gasteiger partial charge is 0.282 e. The van der Waals surface area contributed by atoms with E-state index in [1.165, 1.54) is 23.6 Å². The van der Waals surface area contributed by atoms with Gasteiger partial charge in [-0.1, -0.05) is 25.4 Å². The molecule has 2 amide bonds. The molecule has 7 nitrogen and oxygen atoms in total. The van der Waals surface area contributed by atoms with Crippen molar-refractivity contribution in [3.63, 3.8) is 0 Å². The van der Waals surface area contributed by atoms with Crippen LogP contribution in [-0.2, 0) is 4.79 Å². The summed E-state index contributed by atoms with van der Waals surface area (Å²) in [7, 11) is 3.34. The number of hydrogen-bond acceptors (Lipinski definition) is 5. The molecule has 3 rings (SSSR count). The summed E-state index contributed by atoms with van der Waals surface area (Å²) in [6.07, 6.45) is 3.40. The molecule has 3 heterocycles. The van der Waals surface area contributed by atoms with E-state index in [4.69, 9.17) is 11.6 Å². The maximum atomic E-state index is 14.2. The molecule has 1 aromatic heterocycles. The minimum absolute atomic E-state index is 0.188. The Morgan fingerprint density at radius 3 is 2.03 bits per heavy atom. The van der Waals surface area contributed by atoms with Crippen LogP contribution < -0.4 is 4.90 Å². The van der Waals surface area contributed by atoms with Gasteiger partial charge in [-0.25, -0.2) is 13.8 Å². The van der Waals surface area contributed by atoms with Gasteiger partial charge in [0, 0.05) is 47.2 Å². The summed E-state index contributed by atoms with van der Waals surface area (Å²) in [6.45, 7) is 5.89. The number of carbonyl (C=O) groups is 2. The average molecular weight is 515 g/mol. The number of aliphatic hydroxyl groups is 1. The highest BCUT2D eigenvalue weighted by Crippen LogP contribution is 2.39. The van der Waals surface area contributed by atoms with Crippen LogP contribution in [0.5, 0.6) is 0 Å². The Morgan fingerprint density at radius 1 is 1.09 bits per heavy atom. The first kappa shape index (κ1) is 27.6. The van der Waals surface area contributed by atoms with E-state index in [0.29, 0.717) is 37.4 Å². The van der Waals surface area contributed by atoms with Crippen molar-refractivity contribution in [3.05, 3.63) is 22.8 Å². The summed E-state index contributed by atoms with van der Waals surface area (Å²) >= 11 is 6.27. The molecule has 2 fully saturated rings. The number of piperidine rings is 2. The monoisotopic (exact) mass is 514 g/mol. The van der Waals surface area contributed by atoms with Crippen LogP contribution in [0.2, 0.25) is 5.15 Å². The van der Waals surface area contributed by atoms with Gasteiger partial charge in [-0.05, 0) is 55.6 Å². The first-order valence-corrected chi connectivity index (χ1v) is 12.7. The molecule has 196 valence electrons. The summed E-state index contributed by atoms with van der Waals surface area (Å²) in [5, 5.41) is 10.8. The van der Waals surface area contributed by atoms with Gasteiger partial charge in [-0.15, -0.1) is 0 Å². The van der Waals surface area contributed by atoms with Crippen LogP contribution in [0.15, 0.2) is 12.1 Å². The van der Waals surface area contributed by atoms with E-state index < -0.39 is 23.3 Å². The fourth-order valence-electron chi connectivity index (χ4n) is 5.36. The Bertz CT molecular complexity index is 924. The summed E-state index contributed by atoms with van der Waals surface area (Å²) in [4.78, 5) is 34.5. The lowest BCUT2D eigenvalue weighted by molar-refractivity contribution is -0.208. The fourth-order valence-corrected chi connectivity index (χ4v) is 5.59. The van der Waals surface area contributed by atoms with Gasteiger partial charge in [0.15, 0.2) is 0 Å². The molecule has 1 unspecified atom stereocenters. The minimum Gasteiger partial charge on any atom is -0.375 e. The Morgan fingerprint density at radius 2 is 1.60 bits per heavy atom. The third-order valence-electron chi connectivity index (χ3n) is 7.66. The van der Waals surface area contributed by atoms with E-state index in [9.17, 15) is 23.5 Å².